The molecule has 2 N–H and O–H groups in total. The SMILES string of the molecule is COc1ccc([C@@H]2C=C(c3ccccc3)S[C@@]3(SC[C@@H]4CN=C(N)S4)CCCC[C@H]23)cc1. The van der Waals surface area contributed by atoms with Gasteiger partial charge in [-0.15, -0.1) is 23.5 Å². The molecular weight excluding hydrogens is 453 g/mol. The molecule has 32 heavy (non-hydrogen) atoms. The number of fused-ring (bicyclic) bond motifs is 1. The van der Waals surface area contributed by atoms with E-state index in [1.807, 2.05) is 0 Å². The Morgan fingerprint density at radius 3 is 2.66 bits per heavy atom. The highest BCUT2D eigenvalue weighted by Crippen LogP contribution is 2.63. The van der Waals surface area contributed by atoms with Gasteiger partial charge in [0.25, 0.3) is 0 Å². The number of aliphatic imine (C=N–C) groups is 1. The number of nitrogens with two attached hydrogens (primary N) is 1. The molecule has 3 aliphatic rings. The Balaban J connectivity index is 1.50. The van der Waals surface area contributed by atoms with Crippen LogP contribution in [-0.2, 0) is 0 Å². The van der Waals surface area contributed by atoms with Crippen LogP contribution in [0.2, 0.25) is 0 Å². The van der Waals surface area contributed by atoms with Gasteiger partial charge in [-0.05, 0) is 42.0 Å². The van der Waals surface area contributed by atoms with Gasteiger partial charge in [0.1, 0.15) is 5.75 Å². The number of rotatable bonds is 6. The number of methoxy groups -OCH3 is 1. The number of thioether (sulfide) groups is 3. The normalized spacial score (nSPS) is 29.7. The van der Waals surface area contributed by atoms with Gasteiger partial charge in [0.15, 0.2) is 5.17 Å². The van der Waals surface area contributed by atoms with E-state index in [2.05, 4.69) is 89.2 Å². The van der Waals surface area contributed by atoms with Crippen LogP contribution < -0.4 is 10.5 Å². The lowest BCUT2D eigenvalue weighted by Crippen LogP contribution is -2.41. The lowest BCUT2D eigenvalue weighted by molar-refractivity contribution is 0.320. The van der Waals surface area contributed by atoms with Crippen molar-refractivity contribution in [3.8, 4) is 5.75 Å². The summed E-state index contributed by atoms with van der Waals surface area (Å²) >= 11 is 6.07. The monoisotopic (exact) mass is 482 g/mol. The Labute approximate surface area is 204 Å². The lowest BCUT2D eigenvalue weighted by atomic mass is 9.75. The third-order valence-corrected chi connectivity index (χ3v) is 11.6. The summed E-state index contributed by atoms with van der Waals surface area (Å²) < 4.78 is 5.63. The fraction of sp³-hybridized carbons (Fsp3) is 0.423. The first-order valence-electron chi connectivity index (χ1n) is 11.4. The fourth-order valence-electron chi connectivity index (χ4n) is 5.10. The number of nitrogens with zero attached hydrogens (tertiary/aromatic N) is 1. The van der Waals surface area contributed by atoms with Crippen molar-refractivity contribution in [2.75, 3.05) is 19.4 Å². The standard InChI is InChI=1S/C26H30N2OS3/c1-29-20-12-10-18(11-13-20)22-15-24(19-7-3-2-4-8-19)32-26(14-6-5-9-23(22)26)30-17-21-16-28-25(27)31-21/h2-4,7-8,10-13,15,21-23H,5-6,9,14,16-17H2,1H3,(H2,27,28)/t21-,22-,23+,26-/m0/s1. The van der Waals surface area contributed by atoms with E-state index in [9.17, 15) is 0 Å². The molecule has 0 spiro atoms. The molecular formula is C26H30N2OS3. The largest absolute Gasteiger partial charge is 0.497 e. The van der Waals surface area contributed by atoms with Crippen molar-refractivity contribution < 1.29 is 4.74 Å². The maximum atomic E-state index is 5.96. The second kappa shape index (κ2) is 9.78. The number of benzene rings is 2. The van der Waals surface area contributed by atoms with Gasteiger partial charge in [-0.2, -0.15) is 0 Å². The topological polar surface area (TPSA) is 47.6 Å². The summed E-state index contributed by atoms with van der Waals surface area (Å²) in [6.07, 6.45) is 7.72. The average molecular weight is 483 g/mol. The molecule has 1 saturated carbocycles. The maximum absolute atomic E-state index is 5.96. The summed E-state index contributed by atoms with van der Waals surface area (Å²) in [6.45, 7) is 0.859. The van der Waals surface area contributed by atoms with Crippen LogP contribution in [0.15, 0.2) is 65.7 Å². The lowest BCUT2D eigenvalue weighted by Gasteiger charge is -2.50. The maximum Gasteiger partial charge on any atom is 0.154 e. The van der Waals surface area contributed by atoms with Crippen LogP contribution in [0, 0.1) is 5.92 Å². The minimum atomic E-state index is 0.195. The van der Waals surface area contributed by atoms with E-state index in [0.717, 1.165) is 23.2 Å². The summed E-state index contributed by atoms with van der Waals surface area (Å²) in [7, 11) is 1.74. The first kappa shape index (κ1) is 22.3. The van der Waals surface area contributed by atoms with E-state index in [4.69, 9.17) is 10.5 Å². The summed E-state index contributed by atoms with van der Waals surface area (Å²) in [4.78, 5) is 5.86. The number of hydrogen-bond acceptors (Lipinski definition) is 6. The Hall–Kier alpha value is -1.50. The molecule has 168 valence electrons. The smallest absolute Gasteiger partial charge is 0.154 e. The second-order valence-electron chi connectivity index (χ2n) is 8.69. The van der Waals surface area contributed by atoms with Crippen LogP contribution in [-0.4, -0.2) is 33.9 Å². The molecule has 2 aromatic rings. The molecule has 0 bridgehead atoms. The van der Waals surface area contributed by atoms with E-state index in [0.29, 0.717) is 17.1 Å². The van der Waals surface area contributed by atoms with E-state index in [1.165, 1.54) is 41.7 Å². The zero-order chi connectivity index (χ0) is 22.0. The van der Waals surface area contributed by atoms with Crippen molar-refractivity contribution >= 4 is 45.4 Å². The Bertz CT molecular complexity index is 992. The molecule has 2 heterocycles. The average Bonchev–Trinajstić information content (AvgIpc) is 3.28. The predicted molar refractivity (Wildman–Crippen MR) is 143 cm³/mol. The molecule has 1 fully saturated rings. The van der Waals surface area contributed by atoms with Crippen LogP contribution >= 0.6 is 35.3 Å². The van der Waals surface area contributed by atoms with E-state index < -0.39 is 0 Å². The molecule has 0 radical (unpaired) electrons. The first-order valence-corrected chi connectivity index (χ1v) is 14.1. The van der Waals surface area contributed by atoms with Crippen molar-refractivity contribution in [3.05, 3.63) is 71.8 Å². The van der Waals surface area contributed by atoms with E-state index in [-0.39, 0.29) is 4.08 Å². The molecule has 3 nitrogen and oxygen atoms in total. The summed E-state index contributed by atoms with van der Waals surface area (Å²) in [5.41, 5.74) is 8.70. The van der Waals surface area contributed by atoms with Gasteiger partial charge in [0.2, 0.25) is 0 Å². The van der Waals surface area contributed by atoms with Crippen LogP contribution in [0.5, 0.6) is 5.75 Å². The van der Waals surface area contributed by atoms with Crippen molar-refractivity contribution in [2.24, 2.45) is 16.6 Å². The van der Waals surface area contributed by atoms with Gasteiger partial charge in [-0.25, -0.2) is 0 Å². The quantitative estimate of drug-likeness (QED) is 0.501. The van der Waals surface area contributed by atoms with Gasteiger partial charge in [0, 0.05) is 21.8 Å². The van der Waals surface area contributed by atoms with Crippen molar-refractivity contribution in [1.29, 1.82) is 0 Å². The number of amidine groups is 1. The molecule has 1 aliphatic carbocycles. The molecule has 0 amide bonds. The molecule has 5 rings (SSSR count). The third kappa shape index (κ3) is 4.59. The fourth-order valence-corrected chi connectivity index (χ4v) is 9.77. The molecule has 0 aromatic heterocycles. The van der Waals surface area contributed by atoms with Gasteiger partial charge < -0.3 is 10.5 Å². The number of allylic oxidation sites excluding steroid dienone is 1. The zero-order valence-corrected chi connectivity index (χ0v) is 20.9. The van der Waals surface area contributed by atoms with Gasteiger partial charge >= 0.3 is 0 Å². The molecule has 2 aromatic carbocycles. The highest BCUT2D eigenvalue weighted by atomic mass is 32.2. The van der Waals surface area contributed by atoms with Crippen LogP contribution in [0.4, 0.5) is 0 Å². The summed E-state index contributed by atoms with van der Waals surface area (Å²) in [6, 6.07) is 19.7. The molecule has 2 aliphatic heterocycles. The Morgan fingerprint density at radius 1 is 1.12 bits per heavy atom. The van der Waals surface area contributed by atoms with Crippen molar-refractivity contribution in [2.45, 2.75) is 40.9 Å². The number of hydrogen-bond donors (Lipinski definition) is 1. The van der Waals surface area contributed by atoms with Gasteiger partial charge in [-0.1, -0.05) is 73.1 Å². The third-order valence-electron chi connectivity index (χ3n) is 6.71. The molecule has 0 saturated heterocycles. The van der Waals surface area contributed by atoms with Gasteiger partial charge in [-0.3, -0.25) is 4.99 Å². The molecule has 0 unspecified atom stereocenters. The first-order chi connectivity index (χ1) is 15.7. The Kier molecular flexibility index (Phi) is 6.81. The molecule has 4 atom stereocenters. The highest BCUT2D eigenvalue weighted by Gasteiger charge is 2.49. The minimum Gasteiger partial charge on any atom is -0.497 e. The van der Waals surface area contributed by atoms with Crippen LogP contribution in [0.25, 0.3) is 4.91 Å². The predicted octanol–water partition coefficient (Wildman–Crippen LogP) is 6.62. The zero-order valence-electron chi connectivity index (χ0n) is 18.4. The minimum absolute atomic E-state index is 0.195. The van der Waals surface area contributed by atoms with Crippen LogP contribution in [0.3, 0.4) is 0 Å². The van der Waals surface area contributed by atoms with Crippen LogP contribution in [0.1, 0.15) is 42.7 Å². The van der Waals surface area contributed by atoms with E-state index in [1.54, 1.807) is 18.9 Å². The molecule has 6 heteroatoms. The summed E-state index contributed by atoms with van der Waals surface area (Å²) in [5, 5.41) is 1.26. The second-order valence-corrected chi connectivity index (χ2v) is 13.0. The number of ether oxygens (including phenoxy) is 1. The van der Waals surface area contributed by atoms with Crippen molar-refractivity contribution in [1.82, 2.24) is 0 Å². The highest BCUT2D eigenvalue weighted by molar-refractivity contribution is 8.23. The van der Waals surface area contributed by atoms with Gasteiger partial charge in [0.05, 0.1) is 17.7 Å². The van der Waals surface area contributed by atoms with E-state index >= 15 is 0 Å². The Morgan fingerprint density at radius 2 is 1.94 bits per heavy atom. The van der Waals surface area contributed by atoms with Crippen molar-refractivity contribution in [3.63, 3.8) is 0 Å². The summed E-state index contributed by atoms with van der Waals surface area (Å²) in [5.74, 6) is 3.07.